The van der Waals surface area contributed by atoms with Crippen LogP contribution < -0.4 is 15.5 Å². The molecule has 0 bridgehead atoms. The van der Waals surface area contributed by atoms with Crippen LogP contribution in [0.5, 0.6) is 0 Å². The summed E-state index contributed by atoms with van der Waals surface area (Å²) in [5.74, 6) is 0.428. The van der Waals surface area contributed by atoms with Gasteiger partial charge < -0.3 is 25.3 Å². The highest BCUT2D eigenvalue weighted by Gasteiger charge is 2.22. The molecule has 2 N–H and O–H groups in total. The number of piperazine rings is 1. The fraction of sp³-hybridized carbons (Fsp3) is 0.393. The van der Waals surface area contributed by atoms with Crippen molar-refractivity contribution in [2.75, 3.05) is 62.6 Å². The van der Waals surface area contributed by atoms with Crippen molar-refractivity contribution in [1.29, 1.82) is 0 Å². The quantitative estimate of drug-likeness (QED) is 0.375. The Morgan fingerprint density at radius 3 is 2.55 bits per heavy atom. The Kier molecular flexibility index (Phi) is 9.71. The SMILES string of the molecule is CCN(CC)CCNC(=S)Nc1ccc2nc(N3CCN(C(=O)Cc4ccc(F)c(Cl)c4)CC3)ccc2c1. The summed E-state index contributed by atoms with van der Waals surface area (Å²) in [6, 6.07) is 14.5. The Labute approximate surface area is 233 Å². The van der Waals surface area contributed by atoms with Crippen LogP contribution in [-0.2, 0) is 11.2 Å². The number of thiocarbonyl (C=S) groups is 1. The minimum Gasteiger partial charge on any atom is -0.361 e. The second kappa shape index (κ2) is 13.2. The normalized spacial score (nSPS) is 13.7. The Morgan fingerprint density at radius 2 is 1.84 bits per heavy atom. The third-order valence-corrected chi connectivity index (χ3v) is 7.37. The van der Waals surface area contributed by atoms with Crippen LogP contribution in [0.4, 0.5) is 15.9 Å². The Balaban J connectivity index is 1.29. The first kappa shape index (κ1) is 28.0. The van der Waals surface area contributed by atoms with E-state index < -0.39 is 5.82 Å². The highest BCUT2D eigenvalue weighted by atomic mass is 35.5. The lowest BCUT2D eigenvalue weighted by Crippen LogP contribution is -2.49. The number of amides is 1. The largest absolute Gasteiger partial charge is 0.361 e. The van der Waals surface area contributed by atoms with E-state index in [2.05, 4.69) is 40.3 Å². The molecule has 0 spiro atoms. The van der Waals surface area contributed by atoms with Crippen molar-refractivity contribution in [2.45, 2.75) is 20.3 Å². The number of nitrogens with one attached hydrogen (secondary N) is 2. The number of aromatic nitrogens is 1. The molecule has 7 nitrogen and oxygen atoms in total. The van der Waals surface area contributed by atoms with Gasteiger partial charge in [0.1, 0.15) is 11.6 Å². The second-order valence-electron chi connectivity index (χ2n) is 9.28. The van der Waals surface area contributed by atoms with E-state index in [-0.39, 0.29) is 17.4 Å². The van der Waals surface area contributed by atoms with Crippen LogP contribution in [-0.4, -0.2) is 78.2 Å². The molecule has 4 rings (SSSR count). The lowest BCUT2D eigenvalue weighted by atomic mass is 10.1. The summed E-state index contributed by atoms with van der Waals surface area (Å²) in [5, 5.41) is 8.20. The van der Waals surface area contributed by atoms with Gasteiger partial charge in [-0.2, -0.15) is 0 Å². The molecular formula is C28H34ClFN6OS. The smallest absolute Gasteiger partial charge is 0.227 e. The molecular weight excluding hydrogens is 523 g/mol. The minimum atomic E-state index is -0.478. The third kappa shape index (κ3) is 7.30. The first-order valence-corrected chi connectivity index (χ1v) is 13.8. The van der Waals surface area contributed by atoms with Gasteiger partial charge in [-0.15, -0.1) is 0 Å². The Bertz CT molecular complexity index is 1280. The summed E-state index contributed by atoms with van der Waals surface area (Å²) in [5.41, 5.74) is 2.53. The van der Waals surface area contributed by atoms with Crippen LogP contribution >= 0.6 is 23.8 Å². The van der Waals surface area contributed by atoms with Gasteiger partial charge in [-0.25, -0.2) is 9.37 Å². The van der Waals surface area contributed by atoms with E-state index in [1.54, 1.807) is 6.07 Å². The van der Waals surface area contributed by atoms with Crippen LogP contribution in [0.1, 0.15) is 19.4 Å². The van der Waals surface area contributed by atoms with Crippen molar-refractivity contribution in [2.24, 2.45) is 0 Å². The van der Waals surface area contributed by atoms with Crippen molar-refractivity contribution in [1.82, 2.24) is 20.1 Å². The molecule has 0 saturated carbocycles. The fourth-order valence-electron chi connectivity index (χ4n) is 4.53. The standard InChI is InChI=1S/C28H34ClFN6OS/c1-3-34(4-2)12-11-31-28(38)32-22-7-9-25-21(19-22)6-10-26(33-25)35-13-15-36(16-14-35)27(37)18-20-5-8-24(30)23(29)17-20/h5-10,17,19H,3-4,11-16,18H2,1-2H3,(H2,31,32,38). The maximum Gasteiger partial charge on any atom is 0.227 e. The molecule has 0 aliphatic carbocycles. The van der Waals surface area contributed by atoms with Gasteiger partial charge in [-0.1, -0.05) is 31.5 Å². The highest BCUT2D eigenvalue weighted by molar-refractivity contribution is 7.80. The molecule has 2 aromatic carbocycles. The molecule has 0 unspecified atom stereocenters. The molecule has 202 valence electrons. The van der Waals surface area contributed by atoms with Gasteiger partial charge in [-0.05, 0) is 73.3 Å². The van der Waals surface area contributed by atoms with Crippen LogP contribution in [0.15, 0.2) is 48.5 Å². The van der Waals surface area contributed by atoms with Crippen molar-refractivity contribution >= 4 is 57.2 Å². The number of hydrogen-bond acceptors (Lipinski definition) is 5. The summed E-state index contributed by atoms with van der Waals surface area (Å²) in [4.78, 5) is 24.0. The van der Waals surface area contributed by atoms with E-state index in [1.165, 1.54) is 12.1 Å². The van der Waals surface area contributed by atoms with Crippen LogP contribution in [0.2, 0.25) is 5.02 Å². The van der Waals surface area contributed by atoms with E-state index in [9.17, 15) is 9.18 Å². The number of rotatable bonds is 9. The van der Waals surface area contributed by atoms with Crippen molar-refractivity contribution < 1.29 is 9.18 Å². The van der Waals surface area contributed by atoms with Crippen molar-refractivity contribution in [3.8, 4) is 0 Å². The summed E-state index contributed by atoms with van der Waals surface area (Å²) in [6.07, 6.45) is 0.208. The van der Waals surface area contributed by atoms with Crippen molar-refractivity contribution in [3.63, 3.8) is 0 Å². The molecule has 1 aromatic heterocycles. The zero-order chi connectivity index (χ0) is 27.1. The molecule has 1 saturated heterocycles. The number of benzene rings is 2. The predicted molar refractivity (Wildman–Crippen MR) is 158 cm³/mol. The van der Waals surface area contributed by atoms with E-state index in [1.807, 2.05) is 29.2 Å². The molecule has 1 fully saturated rings. The average molecular weight is 557 g/mol. The number of nitrogens with zero attached hydrogens (tertiary/aromatic N) is 4. The van der Waals surface area contributed by atoms with Crippen LogP contribution in [0.3, 0.4) is 0 Å². The zero-order valence-corrected chi connectivity index (χ0v) is 23.4. The first-order chi connectivity index (χ1) is 18.4. The van der Waals surface area contributed by atoms with E-state index in [0.717, 1.165) is 48.6 Å². The molecule has 3 aromatic rings. The topological polar surface area (TPSA) is 63.7 Å². The van der Waals surface area contributed by atoms with Crippen LogP contribution in [0.25, 0.3) is 10.9 Å². The molecule has 2 heterocycles. The maximum atomic E-state index is 13.4. The van der Waals surface area contributed by atoms with Gasteiger partial charge in [0, 0.05) is 50.3 Å². The van der Waals surface area contributed by atoms with E-state index >= 15 is 0 Å². The molecule has 1 amide bonds. The number of fused-ring (bicyclic) bond motifs is 1. The third-order valence-electron chi connectivity index (χ3n) is 6.84. The second-order valence-corrected chi connectivity index (χ2v) is 10.1. The van der Waals surface area contributed by atoms with Gasteiger partial charge in [-0.3, -0.25) is 4.79 Å². The Hall–Kier alpha value is -3.01. The van der Waals surface area contributed by atoms with Gasteiger partial charge in [0.15, 0.2) is 5.11 Å². The van der Waals surface area contributed by atoms with Gasteiger partial charge in [0.25, 0.3) is 0 Å². The Morgan fingerprint density at radius 1 is 1.08 bits per heavy atom. The first-order valence-electron chi connectivity index (χ1n) is 13.0. The van der Waals surface area contributed by atoms with Crippen molar-refractivity contribution in [3.05, 3.63) is 64.9 Å². The fourth-order valence-corrected chi connectivity index (χ4v) is 4.96. The number of carbonyl (C=O) groups is 1. The minimum absolute atomic E-state index is 0.0132. The molecule has 10 heteroatoms. The highest BCUT2D eigenvalue weighted by Crippen LogP contribution is 2.23. The number of likely N-dealkylation sites (N-methyl/N-ethyl adjacent to an activating group) is 1. The molecule has 1 aliphatic rings. The maximum absolute atomic E-state index is 13.4. The number of anilines is 2. The van der Waals surface area contributed by atoms with Crippen LogP contribution in [0, 0.1) is 5.82 Å². The number of carbonyl (C=O) groups excluding carboxylic acids is 1. The number of hydrogen-bond donors (Lipinski definition) is 2. The summed E-state index contributed by atoms with van der Waals surface area (Å²) in [6.45, 7) is 10.7. The molecule has 0 radical (unpaired) electrons. The van der Waals surface area contributed by atoms with Gasteiger partial charge in [0.2, 0.25) is 5.91 Å². The number of pyridine rings is 1. The van der Waals surface area contributed by atoms with Gasteiger partial charge in [0.05, 0.1) is 17.0 Å². The average Bonchev–Trinajstić information content (AvgIpc) is 2.93. The number of halogens is 2. The monoisotopic (exact) mass is 556 g/mol. The lowest BCUT2D eigenvalue weighted by Gasteiger charge is -2.35. The lowest BCUT2D eigenvalue weighted by molar-refractivity contribution is -0.130. The predicted octanol–water partition coefficient (Wildman–Crippen LogP) is 4.55. The summed E-state index contributed by atoms with van der Waals surface area (Å²) >= 11 is 11.3. The summed E-state index contributed by atoms with van der Waals surface area (Å²) < 4.78 is 13.4. The molecule has 38 heavy (non-hydrogen) atoms. The zero-order valence-electron chi connectivity index (χ0n) is 21.8. The van der Waals surface area contributed by atoms with E-state index in [0.29, 0.717) is 36.9 Å². The van der Waals surface area contributed by atoms with Gasteiger partial charge >= 0.3 is 0 Å². The summed E-state index contributed by atoms with van der Waals surface area (Å²) in [7, 11) is 0. The molecule has 0 atom stereocenters. The molecule has 1 aliphatic heterocycles. The van der Waals surface area contributed by atoms with E-state index in [4.69, 9.17) is 28.8 Å².